The van der Waals surface area contributed by atoms with Crippen molar-refractivity contribution in [3.05, 3.63) is 34.7 Å². The van der Waals surface area contributed by atoms with Crippen molar-refractivity contribution < 1.29 is 0 Å². The van der Waals surface area contributed by atoms with Gasteiger partial charge in [0.2, 0.25) is 0 Å². The molecule has 1 saturated heterocycles. The Morgan fingerprint density at radius 2 is 1.70 bits per heavy atom. The van der Waals surface area contributed by atoms with Crippen molar-refractivity contribution in [1.82, 2.24) is 15.2 Å². The van der Waals surface area contributed by atoms with E-state index in [1.165, 1.54) is 16.9 Å². The SMILES string of the molecule is CC1CC2C=c3ccccc3=CC2C1[Si](C)(C)N1CNCNC1. The summed E-state index contributed by atoms with van der Waals surface area (Å²) in [6.45, 7) is 10.7. The first-order valence-electron chi connectivity index (χ1n) is 9.02. The molecule has 2 fully saturated rings. The smallest absolute Gasteiger partial charge is 0.129 e. The average molecular weight is 328 g/mol. The zero-order valence-electron chi connectivity index (χ0n) is 14.5. The van der Waals surface area contributed by atoms with Gasteiger partial charge in [0, 0.05) is 20.0 Å². The predicted molar refractivity (Wildman–Crippen MR) is 99.3 cm³/mol. The molecule has 0 aromatic heterocycles. The van der Waals surface area contributed by atoms with Crippen LogP contribution in [0.4, 0.5) is 0 Å². The molecule has 1 aliphatic heterocycles. The second kappa shape index (κ2) is 5.85. The Hall–Kier alpha value is -0.943. The molecule has 2 aliphatic carbocycles. The van der Waals surface area contributed by atoms with Gasteiger partial charge >= 0.3 is 0 Å². The van der Waals surface area contributed by atoms with Crippen LogP contribution in [-0.4, -0.2) is 32.8 Å². The van der Waals surface area contributed by atoms with Crippen LogP contribution in [0.5, 0.6) is 0 Å². The summed E-state index contributed by atoms with van der Waals surface area (Å²) >= 11 is 0. The maximum absolute atomic E-state index is 3.50. The molecule has 1 saturated carbocycles. The highest BCUT2D eigenvalue weighted by Crippen LogP contribution is 2.53. The number of hydrogen-bond acceptors (Lipinski definition) is 3. The lowest BCUT2D eigenvalue weighted by molar-refractivity contribution is 0.281. The van der Waals surface area contributed by atoms with Crippen molar-refractivity contribution in [3.8, 4) is 0 Å². The highest BCUT2D eigenvalue weighted by molar-refractivity contribution is 6.76. The predicted octanol–water partition coefficient (Wildman–Crippen LogP) is 1.48. The standard InChI is InChI=1S/C19H29N3Si/c1-14-8-17-9-15-6-4-5-7-16(15)10-18(17)19(14)23(2,3)22-12-20-11-21-13-22/h4-7,9-10,14,17-21H,8,11-13H2,1-3H3. The molecule has 2 N–H and O–H groups in total. The monoisotopic (exact) mass is 327 g/mol. The van der Waals surface area contributed by atoms with Gasteiger partial charge in [0.1, 0.15) is 8.24 Å². The van der Waals surface area contributed by atoms with E-state index >= 15 is 0 Å². The largest absolute Gasteiger partial charge is 0.299 e. The summed E-state index contributed by atoms with van der Waals surface area (Å²) in [6, 6.07) is 8.92. The normalized spacial score (nSPS) is 34.2. The van der Waals surface area contributed by atoms with E-state index in [4.69, 9.17) is 0 Å². The Labute approximate surface area is 140 Å². The Bertz CT molecular complexity index is 693. The van der Waals surface area contributed by atoms with E-state index in [0.717, 1.165) is 43.3 Å². The minimum absolute atomic E-state index is 0.725. The van der Waals surface area contributed by atoms with Gasteiger partial charge in [0.25, 0.3) is 0 Å². The Morgan fingerprint density at radius 3 is 2.39 bits per heavy atom. The van der Waals surface area contributed by atoms with E-state index < -0.39 is 8.24 Å². The molecule has 3 aliphatic rings. The molecule has 4 unspecified atom stereocenters. The summed E-state index contributed by atoms with van der Waals surface area (Å²) < 4.78 is 2.72. The third kappa shape index (κ3) is 2.62. The fraction of sp³-hybridized carbons (Fsp3) is 0.579. The molecule has 0 radical (unpaired) electrons. The Balaban J connectivity index is 1.70. The average Bonchev–Trinajstić information content (AvgIpc) is 2.88. The van der Waals surface area contributed by atoms with Crippen LogP contribution in [0.3, 0.4) is 0 Å². The zero-order chi connectivity index (χ0) is 16.0. The van der Waals surface area contributed by atoms with Gasteiger partial charge in [-0.05, 0) is 40.2 Å². The van der Waals surface area contributed by atoms with Crippen LogP contribution in [0.25, 0.3) is 12.2 Å². The van der Waals surface area contributed by atoms with Crippen molar-refractivity contribution >= 4 is 20.4 Å². The molecule has 4 heteroatoms. The molecule has 1 aromatic carbocycles. The van der Waals surface area contributed by atoms with Gasteiger partial charge in [-0.1, -0.05) is 56.4 Å². The first kappa shape index (κ1) is 15.6. The molecular formula is C19H29N3Si. The van der Waals surface area contributed by atoms with E-state index in [1.54, 1.807) is 0 Å². The molecular weight excluding hydrogens is 298 g/mol. The van der Waals surface area contributed by atoms with Crippen molar-refractivity contribution in [2.75, 3.05) is 20.0 Å². The summed E-state index contributed by atoms with van der Waals surface area (Å²) in [6.07, 6.45) is 6.52. The summed E-state index contributed by atoms with van der Waals surface area (Å²) in [4.78, 5) is 0. The van der Waals surface area contributed by atoms with E-state index in [1.807, 2.05) is 0 Å². The first-order chi connectivity index (χ1) is 11.1. The van der Waals surface area contributed by atoms with Crippen LogP contribution in [0, 0.1) is 17.8 Å². The number of benzene rings is 1. The summed E-state index contributed by atoms with van der Waals surface area (Å²) in [7, 11) is -1.50. The molecule has 4 rings (SSSR count). The quantitative estimate of drug-likeness (QED) is 0.806. The van der Waals surface area contributed by atoms with E-state index in [-0.39, 0.29) is 0 Å². The lowest BCUT2D eigenvalue weighted by Gasteiger charge is -2.46. The van der Waals surface area contributed by atoms with Gasteiger partial charge in [-0.25, -0.2) is 0 Å². The minimum atomic E-state index is -1.50. The number of rotatable bonds is 2. The fourth-order valence-electron chi connectivity index (χ4n) is 5.35. The minimum Gasteiger partial charge on any atom is -0.299 e. The van der Waals surface area contributed by atoms with E-state index in [9.17, 15) is 0 Å². The van der Waals surface area contributed by atoms with Crippen LogP contribution in [0.1, 0.15) is 13.3 Å². The molecule has 0 spiro atoms. The highest BCUT2D eigenvalue weighted by Gasteiger charge is 2.50. The van der Waals surface area contributed by atoms with Crippen LogP contribution < -0.4 is 21.1 Å². The molecule has 23 heavy (non-hydrogen) atoms. The van der Waals surface area contributed by atoms with Crippen LogP contribution in [0.15, 0.2) is 24.3 Å². The van der Waals surface area contributed by atoms with Crippen molar-refractivity contribution in [2.24, 2.45) is 17.8 Å². The van der Waals surface area contributed by atoms with Gasteiger partial charge in [0.15, 0.2) is 0 Å². The Kier molecular flexibility index (Phi) is 3.96. The van der Waals surface area contributed by atoms with E-state index in [0.29, 0.717) is 0 Å². The molecule has 124 valence electrons. The van der Waals surface area contributed by atoms with Gasteiger partial charge in [0.05, 0.1) is 0 Å². The summed E-state index contributed by atoms with van der Waals surface area (Å²) in [5.41, 5.74) is 0.832. The van der Waals surface area contributed by atoms with Crippen LogP contribution in [0.2, 0.25) is 18.6 Å². The number of hydrogen-bond donors (Lipinski definition) is 2. The van der Waals surface area contributed by atoms with Crippen LogP contribution >= 0.6 is 0 Å². The second-order valence-corrected chi connectivity index (χ2v) is 12.7. The number of nitrogens with zero attached hydrogens (tertiary/aromatic N) is 1. The van der Waals surface area contributed by atoms with Gasteiger partial charge in [-0.3, -0.25) is 15.2 Å². The molecule has 0 amide bonds. The van der Waals surface area contributed by atoms with Crippen molar-refractivity contribution in [3.63, 3.8) is 0 Å². The number of nitrogens with one attached hydrogen (secondary N) is 2. The second-order valence-electron chi connectivity index (χ2n) is 8.13. The van der Waals surface area contributed by atoms with Crippen molar-refractivity contribution in [2.45, 2.75) is 32.0 Å². The lowest BCUT2D eigenvalue weighted by Crippen LogP contribution is -2.63. The zero-order valence-corrected chi connectivity index (χ0v) is 15.5. The number of fused-ring (bicyclic) bond motifs is 2. The maximum Gasteiger partial charge on any atom is 0.129 e. The molecule has 3 nitrogen and oxygen atoms in total. The fourth-order valence-corrected chi connectivity index (χ4v) is 9.62. The molecule has 1 heterocycles. The first-order valence-corrected chi connectivity index (χ1v) is 12.0. The Morgan fingerprint density at radius 1 is 1.04 bits per heavy atom. The van der Waals surface area contributed by atoms with Crippen LogP contribution in [-0.2, 0) is 0 Å². The summed E-state index contributed by atoms with van der Waals surface area (Å²) in [5, 5.41) is 9.89. The third-order valence-electron chi connectivity index (χ3n) is 6.41. The van der Waals surface area contributed by atoms with Crippen molar-refractivity contribution in [1.29, 1.82) is 0 Å². The van der Waals surface area contributed by atoms with Gasteiger partial charge < -0.3 is 0 Å². The lowest BCUT2D eigenvalue weighted by atomic mass is 9.89. The highest BCUT2D eigenvalue weighted by atomic mass is 28.3. The maximum atomic E-state index is 3.50. The molecule has 0 bridgehead atoms. The van der Waals surface area contributed by atoms with Gasteiger partial charge in [-0.2, -0.15) is 0 Å². The molecule has 4 atom stereocenters. The topological polar surface area (TPSA) is 27.3 Å². The summed E-state index contributed by atoms with van der Waals surface area (Å²) in [5.74, 6) is 2.28. The molecule has 1 aromatic rings. The third-order valence-corrected chi connectivity index (χ3v) is 10.9. The van der Waals surface area contributed by atoms with Gasteiger partial charge in [-0.15, -0.1) is 0 Å². The van der Waals surface area contributed by atoms with E-state index in [2.05, 4.69) is 71.6 Å².